The average Bonchev–Trinajstić information content (AvgIpc) is 2.54. The standard InChI is InChI=1S/C17H14F3NO2/c18-17(19,20)14-8-6-12(7-9-14)10-11-21-16(23)15(22)13-4-2-1-3-5-13/h1-9H,10-11H2,(H,21,23). The Balaban J connectivity index is 1.85. The van der Waals surface area contributed by atoms with Crippen molar-refractivity contribution in [3.8, 4) is 0 Å². The molecule has 0 atom stereocenters. The van der Waals surface area contributed by atoms with Crippen molar-refractivity contribution in [3.63, 3.8) is 0 Å². The first kappa shape index (κ1) is 16.7. The van der Waals surface area contributed by atoms with Crippen LogP contribution in [0.5, 0.6) is 0 Å². The maximum Gasteiger partial charge on any atom is 0.416 e. The summed E-state index contributed by atoms with van der Waals surface area (Å²) < 4.78 is 37.3. The van der Waals surface area contributed by atoms with Crippen molar-refractivity contribution in [1.82, 2.24) is 5.32 Å². The van der Waals surface area contributed by atoms with Gasteiger partial charge < -0.3 is 5.32 Å². The summed E-state index contributed by atoms with van der Waals surface area (Å²) in [5.74, 6) is -1.37. The lowest BCUT2D eigenvalue weighted by molar-refractivity contribution is -0.137. The predicted molar refractivity (Wildman–Crippen MR) is 78.9 cm³/mol. The number of alkyl halides is 3. The van der Waals surface area contributed by atoms with Crippen LogP contribution in [0.4, 0.5) is 13.2 Å². The highest BCUT2D eigenvalue weighted by Crippen LogP contribution is 2.29. The lowest BCUT2D eigenvalue weighted by Gasteiger charge is -2.08. The molecule has 0 aliphatic heterocycles. The van der Waals surface area contributed by atoms with Crippen molar-refractivity contribution in [2.24, 2.45) is 0 Å². The van der Waals surface area contributed by atoms with Crippen molar-refractivity contribution < 1.29 is 22.8 Å². The number of nitrogens with one attached hydrogen (secondary N) is 1. The van der Waals surface area contributed by atoms with E-state index in [1.807, 2.05) is 0 Å². The predicted octanol–water partition coefficient (Wildman–Crippen LogP) is 3.25. The second-order valence-corrected chi connectivity index (χ2v) is 4.90. The third-order valence-corrected chi connectivity index (χ3v) is 3.22. The lowest BCUT2D eigenvalue weighted by atomic mass is 10.1. The highest BCUT2D eigenvalue weighted by atomic mass is 19.4. The van der Waals surface area contributed by atoms with E-state index < -0.39 is 23.4 Å². The molecule has 3 nitrogen and oxygen atoms in total. The minimum Gasteiger partial charge on any atom is -0.349 e. The minimum atomic E-state index is -4.37. The van der Waals surface area contributed by atoms with Gasteiger partial charge in [0, 0.05) is 12.1 Å². The summed E-state index contributed by atoms with van der Waals surface area (Å²) in [5, 5.41) is 2.46. The van der Waals surface area contributed by atoms with E-state index in [0.29, 0.717) is 17.5 Å². The zero-order valence-electron chi connectivity index (χ0n) is 12.1. The minimum absolute atomic E-state index is 0.169. The zero-order valence-corrected chi connectivity index (χ0v) is 12.1. The summed E-state index contributed by atoms with van der Waals surface area (Å²) in [4.78, 5) is 23.5. The van der Waals surface area contributed by atoms with E-state index in [0.717, 1.165) is 12.1 Å². The molecule has 120 valence electrons. The third kappa shape index (κ3) is 4.67. The Morgan fingerprint density at radius 3 is 2.09 bits per heavy atom. The Labute approximate surface area is 131 Å². The van der Waals surface area contributed by atoms with Crippen LogP contribution in [0.15, 0.2) is 54.6 Å². The Morgan fingerprint density at radius 1 is 0.913 bits per heavy atom. The van der Waals surface area contributed by atoms with Crippen LogP contribution in [-0.2, 0) is 17.4 Å². The smallest absolute Gasteiger partial charge is 0.349 e. The van der Waals surface area contributed by atoms with E-state index in [2.05, 4.69) is 5.32 Å². The second kappa shape index (κ2) is 7.09. The molecular formula is C17H14F3NO2. The first-order valence-corrected chi connectivity index (χ1v) is 6.91. The molecule has 6 heteroatoms. The number of hydrogen-bond donors (Lipinski definition) is 1. The van der Waals surface area contributed by atoms with Gasteiger partial charge in [-0.15, -0.1) is 0 Å². The number of ketones is 1. The highest BCUT2D eigenvalue weighted by molar-refractivity contribution is 6.42. The highest BCUT2D eigenvalue weighted by Gasteiger charge is 2.29. The van der Waals surface area contributed by atoms with Crippen LogP contribution in [0.2, 0.25) is 0 Å². The number of benzene rings is 2. The molecular weight excluding hydrogens is 307 g/mol. The maximum absolute atomic E-state index is 12.4. The molecule has 0 aromatic heterocycles. The SMILES string of the molecule is O=C(NCCc1ccc(C(F)(F)F)cc1)C(=O)c1ccccc1. The summed E-state index contributed by atoms with van der Waals surface area (Å²) in [6.07, 6.45) is -4.03. The molecule has 0 saturated carbocycles. The fourth-order valence-electron chi connectivity index (χ4n) is 1.98. The van der Waals surface area contributed by atoms with Crippen molar-refractivity contribution in [1.29, 1.82) is 0 Å². The maximum atomic E-state index is 12.4. The molecule has 1 N–H and O–H groups in total. The Kier molecular flexibility index (Phi) is 5.16. The molecule has 0 unspecified atom stereocenters. The molecule has 0 saturated heterocycles. The van der Waals surface area contributed by atoms with Crippen LogP contribution < -0.4 is 5.32 Å². The van der Waals surface area contributed by atoms with Crippen molar-refractivity contribution >= 4 is 11.7 Å². The van der Waals surface area contributed by atoms with Gasteiger partial charge in [0.15, 0.2) is 0 Å². The lowest BCUT2D eigenvalue weighted by Crippen LogP contribution is -2.32. The first-order chi connectivity index (χ1) is 10.9. The molecule has 0 radical (unpaired) electrons. The largest absolute Gasteiger partial charge is 0.416 e. The molecule has 0 bridgehead atoms. The van der Waals surface area contributed by atoms with Crippen LogP contribution in [0.25, 0.3) is 0 Å². The Morgan fingerprint density at radius 2 is 1.52 bits per heavy atom. The van der Waals surface area contributed by atoms with Crippen molar-refractivity contribution in [2.45, 2.75) is 12.6 Å². The molecule has 0 aliphatic carbocycles. The quantitative estimate of drug-likeness (QED) is 0.679. The normalized spacial score (nSPS) is 11.1. The number of hydrogen-bond acceptors (Lipinski definition) is 2. The monoisotopic (exact) mass is 321 g/mol. The van der Waals surface area contributed by atoms with Crippen LogP contribution in [0.3, 0.4) is 0 Å². The summed E-state index contributed by atoms with van der Waals surface area (Å²) >= 11 is 0. The Hall–Kier alpha value is -2.63. The van der Waals surface area contributed by atoms with Gasteiger partial charge in [0.25, 0.3) is 5.91 Å². The zero-order chi connectivity index (χ0) is 16.9. The number of Topliss-reactive ketones (excluding diaryl/α,β-unsaturated/α-hetero) is 1. The summed E-state index contributed by atoms with van der Waals surface area (Å²) in [6, 6.07) is 12.8. The van der Waals surface area contributed by atoms with E-state index in [1.54, 1.807) is 18.2 Å². The van der Waals surface area contributed by atoms with E-state index in [1.165, 1.54) is 24.3 Å². The second-order valence-electron chi connectivity index (χ2n) is 4.90. The van der Waals surface area contributed by atoms with Gasteiger partial charge in [-0.3, -0.25) is 9.59 Å². The summed E-state index contributed by atoms with van der Waals surface area (Å²) in [7, 11) is 0. The van der Waals surface area contributed by atoms with Crippen LogP contribution >= 0.6 is 0 Å². The van der Waals surface area contributed by atoms with Gasteiger partial charge in [-0.05, 0) is 24.1 Å². The number of rotatable bonds is 5. The average molecular weight is 321 g/mol. The van der Waals surface area contributed by atoms with E-state index in [4.69, 9.17) is 0 Å². The van der Waals surface area contributed by atoms with Gasteiger partial charge in [-0.2, -0.15) is 13.2 Å². The fraction of sp³-hybridized carbons (Fsp3) is 0.176. The first-order valence-electron chi connectivity index (χ1n) is 6.91. The van der Waals surface area contributed by atoms with Gasteiger partial charge in [0.2, 0.25) is 5.78 Å². The van der Waals surface area contributed by atoms with Gasteiger partial charge in [-0.25, -0.2) is 0 Å². The fourth-order valence-corrected chi connectivity index (χ4v) is 1.98. The van der Waals surface area contributed by atoms with Crippen LogP contribution in [0.1, 0.15) is 21.5 Å². The Bertz CT molecular complexity index is 679. The van der Waals surface area contributed by atoms with Crippen LogP contribution in [-0.4, -0.2) is 18.2 Å². The molecule has 23 heavy (non-hydrogen) atoms. The van der Waals surface area contributed by atoms with Gasteiger partial charge in [-0.1, -0.05) is 42.5 Å². The molecule has 0 fully saturated rings. The topological polar surface area (TPSA) is 46.2 Å². The molecule has 2 rings (SSSR count). The van der Waals surface area contributed by atoms with Crippen LogP contribution in [0, 0.1) is 0 Å². The van der Waals surface area contributed by atoms with Gasteiger partial charge >= 0.3 is 6.18 Å². The van der Waals surface area contributed by atoms with Crippen molar-refractivity contribution in [3.05, 3.63) is 71.3 Å². The molecule has 0 heterocycles. The summed E-state index contributed by atoms with van der Waals surface area (Å²) in [5.41, 5.74) is 0.217. The number of carbonyl (C=O) groups excluding carboxylic acids is 2. The third-order valence-electron chi connectivity index (χ3n) is 3.22. The number of halogens is 3. The van der Waals surface area contributed by atoms with E-state index in [9.17, 15) is 22.8 Å². The van der Waals surface area contributed by atoms with Gasteiger partial charge in [0.1, 0.15) is 0 Å². The molecule has 0 aliphatic rings. The summed E-state index contributed by atoms with van der Waals surface area (Å²) in [6.45, 7) is 0.169. The molecule has 0 spiro atoms. The van der Waals surface area contributed by atoms with Crippen molar-refractivity contribution in [2.75, 3.05) is 6.54 Å². The van der Waals surface area contributed by atoms with E-state index in [-0.39, 0.29) is 6.54 Å². The molecule has 1 amide bonds. The molecule has 2 aromatic rings. The number of carbonyl (C=O) groups is 2. The van der Waals surface area contributed by atoms with Gasteiger partial charge in [0.05, 0.1) is 5.56 Å². The van der Waals surface area contributed by atoms with E-state index >= 15 is 0 Å². The number of amides is 1. The molecule has 2 aromatic carbocycles.